The molecule has 1 aliphatic heterocycles. The van der Waals surface area contributed by atoms with Crippen molar-refractivity contribution in [3.05, 3.63) is 29.3 Å². The fraction of sp³-hybridized carbons (Fsp3) is 0.308. The van der Waals surface area contributed by atoms with Crippen LogP contribution in [0.3, 0.4) is 0 Å². The minimum Gasteiger partial charge on any atom is -0.478 e. The lowest BCUT2D eigenvalue weighted by Gasteiger charge is -2.13. The predicted octanol–water partition coefficient (Wildman–Crippen LogP) is 0.910. The molecule has 0 aromatic heterocycles. The zero-order chi connectivity index (χ0) is 14.0. The van der Waals surface area contributed by atoms with Crippen LogP contribution in [-0.2, 0) is 9.59 Å². The molecule has 0 saturated carbocycles. The highest BCUT2D eigenvalue weighted by atomic mass is 16.4. The summed E-state index contributed by atoms with van der Waals surface area (Å²) < 4.78 is 0. The highest BCUT2D eigenvalue weighted by molar-refractivity contribution is 5.99. The van der Waals surface area contributed by atoms with E-state index in [9.17, 15) is 14.4 Å². The number of hydrogen-bond acceptors (Lipinski definition) is 3. The lowest BCUT2D eigenvalue weighted by Crippen LogP contribution is -2.37. The molecule has 2 amide bonds. The van der Waals surface area contributed by atoms with Crippen LogP contribution in [0.2, 0.25) is 0 Å². The number of nitrogens with one attached hydrogen (secondary N) is 2. The van der Waals surface area contributed by atoms with Crippen molar-refractivity contribution in [3.63, 3.8) is 0 Å². The first-order valence-corrected chi connectivity index (χ1v) is 5.91. The lowest BCUT2D eigenvalue weighted by atomic mass is 10.1. The van der Waals surface area contributed by atoms with Gasteiger partial charge >= 0.3 is 5.97 Å². The maximum absolute atomic E-state index is 11.9. The summed E-state index contributed by atoms with van der Waals surface area (Å²) in [5, 5.41) is 14.1. The summed E-state index contributed by atoms with van der Waals surface area (Å²) in [4.78, 5) is 33.7. The van der Waals surface area contributed by atoms with Gasteiger partial charge in [-0.25, -0.2) is 4.79 Å². The van der Waals surface area contributed by atoms with Gasteiger partial charge in [0.25, 0.3) is 0 Å². The summed E-state index contributed by atoms with van der Waals surface area (Å²) in [7, 11) is 0. The maximum atomic E-state index is 11.9. The second-order valence-corrected chi connectivity index (χ2v) is 4.48. The smallest absolute Gasteiger partial charge is 0.335 e. The molecule has 19 heavy (non-hydrogen) atoms. The average Bonchev–Trinajstić information content (AvgIpc) is 2.78. The van der Waals surface area contributed by atoms with Gasteiger partial charge in [-0.3, -0.25) is 9.59 Å². The van der Waals surface area contributed by atoms with E-state index < -0.39 is 12.0 Å². The molecule has 6 nitrogen and oxygen atoms in total. The van der Waals surface area contributed by atoms with Crippen LogP contribution in [0.1, 0.15) is 28.8 Å². The normalized spacial score (nSPS) is 17.9. The number of carboxylic acid groups (broad SMARTS) is 1. The Kier molecular flexibility index (Phi) is 3.50. The van der Waals surface area contributed by atoms with Gasteiger partial charge < -0.3 is 15.7 Å². The largest absolute Gasteiger partial charge is 0.478 e. The molecule has 1 heterocycles. The summed E-state index contributed by atoms with van der Waals surface area (Å²) in [6.45, 7) is 1.72. The summed E-state index contributed by atoms with van der Waals surface area (Å²) in [5.74, 6) is -1.42. The Morgan fingerprint density at radius 2 is 2.16 bits per heavy atom. The number of carbonyl (C=O) groups is 3. The van der Waals surface area contributed by atoms with Crippen LogP contribution < -0.4 is 10.6 Å². The number of carbonyl (C=O) groups excluding carboxylic acids is 2. The molecule has 1 aromatic carbocycles. The highest BCUT2D eigenvalue weighted by Crippen LogP contribution is 2.18. The summed E-state index contributed by atoms with van der Waals surface area (Å²) >= 11 is 0. The van der Waals surface area contributed by atoms with E-state index in [-0.39, 0.29) is 17.4 Å². The van der Waals surface area contributed by atoms with Crippen molar-refractivity contribution >= 4 is 23.5 Å². The molecule has 6 heteroatoms. The average molecular weight is 262 g/mol. The predicted molar refractivity (Wildman–Crippen MR) is 67.9 cm³/mol. The van der Waals surface area contributed by atoms with Crippen LogP contribution in [-0.4, -0.2) is 28.9 Å². The number of benzene rings is 1. The van der Waals surface area contributed by atoms with Crippen molar-refractivity contribution in [3.8, 4) is 0 Å². The molecule has 2 rings (SSSR count). The third-order valence-corrected chi connectivity index (χ3v) is 3.04. The standard InChI is InChI=1S/C13H14N2O4/c1-7-6-8(13(18)19)2-3-9(7)15-12(17)10-4-5-11(16)14-10/h2-3,6,10H,4-5H2,1H3,(H,14,16)(H,15,17)(H,18,19)/t10-/m0/s1. The third-order valence-electron chi connectivity index (χ3n) is 3.04. The molecule has 0 aliphatic carbocycles. The van der Waals surface area contributed by atoms with Crippen LogP contribution in [0, 0.1) is 6.92 Å². The van der Waals surface area contributed by atoms with Crippen molar-refractivity contribution in [1.29, 1.82) is 0 Å². The summed E-state index contributed by atoms with van der Waals surface area (Å²) in [6.07, 6.45) is 0.839. The molecule has 1 aliphatic rings. The van der Waals surface area contributed by atoms with Crippen molar-refractivity contribution in [2.75, 3.05) is 5.32 Å². The number of aromatic carboxylic acids is 1. The van der Waals surface area contributed by atoms with Crippen molar-refractivity contribution < 1.29 is 19.5 Å². The van der Waals surface area contributed by atoms with E-state index >= 15 is 0 Å². The van der Waals surface area contributed by atoms with E-state index in [0.717, 1.165) is 0 Å². The van der Waals surface area contributed by atoms with Crippen LogP contribution in [0.4, 0.5) is 5.69 Å². The van der Waals surface area contributed by atoms with Crippen molar-refractivity contribution in [1.82, 2.24) is 5.32 Å². The second kappa shape index (κ2) is 5.09. The SMILES string of the molecule is Cc1cc(C(=O)O)ccc1NC(=O)[C@@H]1CCC(=O)N1. The first-order chi connectivity index (χ1) is 8.97. The molecular formula is C13H14N2O4. The highest BCUT2D eigenvalue weighted by Gasteiger charge is 2.27. The lowest BCUT2D eigenvalue weighted by molar-refractivity contribution is -0.122. The Morgan fingerprint density at radius 3 is 2.68 bits per heavy atom. The third kappa shape index (κ3) is 2.90. The molecule has 1 aromatic rings. The second-order valence-electron chi connectivity index (χ2n) is 4.48. The monoisotopic (exact) mass is 262 g/mol. The quantitative estimate of drug-likeness (QED) is 0.754. The Morgan fingerprint density at radius 1 is 1.42 bits per heavy atom. The Labute approximate surface area is 109 Å². The zero-order valence-corrected chi connectivity index (χ0v) is 10.4. The first kappa shape index (κ1) is 13.1. The minimum absolute atomic E-state index is 0.127. The van der Waals surface area contributed by atoms with E-state index in [1.807, 2.05) is 0 Å². The van der Waals surface area contributed by atoms with Crippen molar-refractivity contribution in [2.24, 2.45) is 0 Å². The fourth-order valence-electron chi connectivity index (χ4n) is 1.97. The number of rotatable bonds is 3. The van der Waals surface area contributed by atoms with Gasteiger partial charge in [-0.1, -0.05) is 0 Å². The molecule has 1 atom stereocenters. The zero-order valence-electron chi connectivity index (χ0n) is 10.4. The van der Waals surface area contributed by atoms with Gasteiger partial charge in [0, 0.05) is 12.1 Å². The topological polar surface area (TPSA) is 95.5 Å². The van der Waals surface area contributed by atoms with Crippen molar-refractivity contribution in [2.45, 2.75) is 25.8 Å². The minimum atomic E-state index is -1.01. The molecule has 0 bridgehead atoms. The molecule has 0 radical (unpaired) electrons. The Bertz CT molecular complexity index is 554. The van der Waals surface area contributed by atoms with E-state index in [4.69, 9.17) is 5.11 Å². The van der Waals surface area contributed by atoms with E-state index in [0.29, 0.717) is 24.1 Å². The molecule has 3 N–H and O–H groups in total. The summed E-state index contributed by atoms with van der Waals surface area (Å²) in [5.41, 5.74) is 1.39. The van der Waals surface area contributed by atoms with Gasteiger partial charge in [0.05, 0.1) is 5.56 Å². The van der Waals surface area contributed by atoms with Crippen LogP contribution >= 0.6 is 0 Å². The number of hydrogen-bond donors (Lipinski definition) is 3. The number of aryl methyl sites for hydroxylation is 1. The van der Waals surface area contributed by atoms with Crippen LogP contribution in [0.25, 0.3) is 0 Å². The van der Waals surface area contributed by atoms with Crippen LogP contribution in [0.15, 0.2) is 18.2 Å². The van der Waals surface area contributed by atoms with E-state index in [2.05, 4.69) is 10.6 Å². The van der Waals surface area contributed by atoms with E-state index in [1.165, 1.54) is 12.1 Å². The molecule has 0 unspecified atom stereocenters. The summed E-state index contributed by atoms with van der Waals surface area (Å²) in [6, 6.07) is 3.96. The molecule has 0 spiro atoms. The Hall–Kier alpha value is -2.37. The van der Waals surface area contributed by atoms with E-state index in [1.54, 1.807) is 13.0 Å². The molecule has 1 saturated heterocycles. The number of carboxylic acids is 1. The number of amides is 2. The molecule has 1 fully saturated rings. The first-order valence-electron chi connectivity index (χ1n) is 5.91. The Balaban J connectivity index is 2.09. The van der Waals surface area contributed by atoms with Crippen LogP contribution in [0.5, 0.6) is 0 Å². The van der Waals surface area contributed by atoms with Gasteiger partial charge in [-0.2, -0.15) is 0 Å². The molecular weight excluding hydrogens is 248 g/mol. The number of anilines is 1. The van der Waals surface area contributed by atoms with Gasteiger partial charge in [0.15, 0.2) is 0 Å². The molecule has 100 valence electrons. The van der Waals surface area contributed by atoms with Gasteiger partial charge in [0.1, 0.15) is 6.04 Å². The van der Waals surface area contributed by atoms with Gasteiger partial charge in [-0.05, 0) is 37.1 Å². The fourth-order valence-corrected chi connectivity index (χ4v) is 1.97. The maximum Gasteiger partial charge on any atom is 0.335 e. The van der Waals surface area contributed by atoms with Gasteiger partial charge in [-0.15, -0.1) is 0 Å². The van der Waals surface area contributed by atoms with Gasteiger partial charge in [0.2, 0.25) is 11.8 Å².